The van der Waals surface area contributed by atoms with Crippen molar-refractivity contribution >= 4 is 0 Å². The molecule has 3 nitrogen and oxygen atoms in total. The van der Waals surface area contributed by atoms with Gasteiger partial charge in [0.05, 0.1) is 0 Å². The first-order chi connectivity index (χ1) is 9.61. The lowest BCUT2D eigenvalue weighted by Crippen LogP contribution is -2.28. The monoisotopic (exact) mass is 276 g/mol. The zero-order valence-electron chi connectivity index (χ0n) is 12.9. The van der Waals surface area contributed by atoms with E-state index in [2.05, 4.69) is 36.9 Å². The van der Waals surface area contributed by atoms with Gasteiger partial charge >= 0.3 is 0 Å². The molecule has 0 bridgehead atoms. The molecule has 0 aromatic heterocycles. The van der Waals surface area contributed by atoms with Crippen LogP contribution >= 0.6 is 0 Å². The Balaban J connectivity index is 1.82. The van der Waals surface area contributed by atoms with Crippen molar-refractivity contribution in [2.24, 2.45) is 11.1 Å². The summed E-state index contributed by atoms with van der Waals surface area (Å²) in [5.41, 5.74) is 7.36. The van der Waals surface area contributed by atoms with Crippen LogP contribution in [0.4, 0.5) is 0 Å². The topological polar surface area (TPSA) is 38.5 Å². The number of hydrogen-bond donors (Lipinski definition) is 1. The molecule has 0 saturated carbocycles. The van der Waals surface area contributed by atoms with Crippen molar-refractivity contribution in [3.05, 3.63) is 29.8 Å². The number of benzene rings is 1. The lowest BCUT2D eigenvalue weighted by atomic mass is 9.84. The molecular weight excluding hydrogens is 248 g/mol. The Hall–Kier alpha value is -1.06. The van der Waals surface area contributed by atoms with E-state index in [-0.39, 0.29) is 0 Å². The van der Waals surface area contributed by atoms with Gasteiger partial charge in [0, 0.05) is 18.7 Å². The molecule has 0 spiro atoms. The summed E-state index contributed by atoms with van der Waals surface area (Å²) < 4.78 is 5.81. The molecule has 1 aliphatic rings. The number of hydrogen-bond acceptors (Lipinski definition) is 3. The van der Waals surface area contributed by atoms with Crippen LogP contribution in [0.1, 0.15) is 38.7 Å². The number of nitrogens with two attached hydrogens (primary N) is 1. The van der Waals surface area contributed by atoms with Gasteiger partial charge in [0.25, 0.3) is 0 Å². The van der Waals surface area contributed by atoms with E-state index < -0.39 is 0 Å². The fraction of sp³-hybridized carbons (Fsp3) is 0.647. The van der Waals surface area contributed by atoms with Gasteiger partial charge in [-0.05, 0) is 43.8 Å². The fourth-order valence-corrected chi connectivity index (χ4v) is 2.87. The normalized spacial score (nSPS) is 16.4. The highest BCUT2D eigenvalue weighted by Crippen LogP contribution is 2.27. The van der Waals surface area contributed by atoms with Gasteiger partial charge in [0.2, 0.25) is 0 Å². The lowest BCUT2D eigenvalue weighted by Gasteiger charge is -2.26. The van der Waals surface area contributed by atoms with Crippen LogP contribution < -0.4 is 10.5 Å². The molecule has 0 aliphatic carbocycles. The van der Waals surface area contributed by atoms with Crippen molar-refractivity contribution in [3.8, 4) is 5.75 Å². The Morgan fingerprint density at radius 3 is 2.85 bits per heavy atom. The van der Waals surface area contributed by atoms with Crippen molar-refractivity contribution in [2.75, 3.05) is 26.2 Å². The molecule has 0 unspecified atom stereocenters. The average molecular weight is 276 g/mol. The summed E-state index contributed by atoms with van der Waals surface area (Å²) in [5.74, 6) is 1.05. The van der Waals surface area contributed by atoms with Crippen LogP contribution in [0, 0.1) is 5.41 Å². The van der Waals surface area contributed by atoms with E-state index in [1.807, 2.05) is 6.07 Å². The van der Waals surface area contributed by atoms with Crippen molar-refractivity contribution in [1.82, 2.24) is 4.90 Å². The standard InChI is InChI=1S/C17H28N2O/c1-17(2,9-10-18)8-5-11-19-12-13-20-16-7-4-3-6-15(16)14-19/h3-4,6-7H,5,8-14,18H2,1-2H3. The van der Waals surface area contributed by atoms with Gasteiger partial charge in [-0.15, -0.1) is 0 Å². The largest absolute Gasteiger partial charge is 0.492 e. The summed E-state index contributed by atoms with van der Waals surface area (Å²) in [5, 5.41) is 0. The zero-order valence-corrected chi connectivity index (χ0v) is 12.9. The van der Waals surface area contributed by atoms with Crippen LogP contribution in [0.2, 0.25) is 0 Å². The van der Waals surface area contributed by atoms with Crippen LogP contribution in [0.15, 0.2) is 24.3 Å². The zero-order chi connectivity index (χ0) is 14.4. The number of rotatable bonds is 6. The molecule has 20 heavy (non-hydrogen) atoms. The van der Waals surface area contributed by atoms with Crippen LogP contribution in [0.5, 0.6) is 5.75 Å². The Morgan fingerprint density at radius 2 is 2.05 bits per heavy atom. The summed E-state index contributed by atoms with van der Waals surface area (Å²) in [7, 11) is 0. The van der Waals surface area contributed by atoms with E-state index in [9.17, 15) is 0 Å². The number of para-hydroxylation sites is 1. The third-order valence-electron chi connectivity index (χ3n) is 4.18. The first-order valence-corrected chi connectivity index (χ1v) is 7.74. The summed E-state index contributed by atoms with van der Waals surface area (Å²) in [4.78, 5) is 2.50. The van der Waals surface area contributed by atoms with Crippen LogP contribution in [0.25, 0.3) is 0 Å². The lowest BCUT2D eigenvalue weighted by molar-refractivity contribution is 0.207. The third-order valence-corrected chi connectivity index (χ3v) is 4.18. The van der Waals surface area contributed by atoms with Crippen LogP contribution in [0.3, 0.4) is 0 Å². The van der Waals surface area contributed by atoms with Crippen molar-refractivity contribution in [2.45, 2.75) is 39.7 Å². The molecule has 0 radical (unpaired) electrons. The van der Waals surface area contributed by atoms with Gasteiger partial charge in [-0.3, -0.25) is 4.90 Å². The van der Waals surface area contributed by atoms with Gasteiger partial charge in [-0.1, -0.05) is 32.0 Å². The minimum Gasteiger partial charge on any atom is -0.492 e. The van der Waals surface area contributed by atoms with Gasteiger partial charge in [-0.2, -0.15) is 0 Å². The second-order valence-electron chi connectivity index (χ2n) is 6.54. The fourth-order valence-electron chi connectivity index (χ4n) is 2.87. The van der Waals surface area contributed by atoms with E-state index in [0.29, 0.717) is 5.41 Å². The molecule has 2 N–H and O–H groups in total. The maximum Gasteiger partial charge on any atom is 0.123 e. The first kappa shape index (κ1) is 15.3. The molecule has 0 atom stereocenters. The predicted molar refractivity (Wildman–Crippen MR) is 83.9 cm³/mol. The highest BCUT2D eigenvalue weighted by molar-refractivity contribution is 5.33. The minimum absolute atomic E-state index is 0.370. The predicted octanol–water partition coefficient (Wildman–Crippen LogP) is 3.04. The van der Waals surface area contributed by atoms with Crippen molar-refractivity contribution in [3.63, 3.8) is 0 Å². The Labute approximate surface area is 123 Å². The molecule has 3 heteroatoms. The van der Waals surface area contributed by atoms with E-state index in [0.717, 1.165) is 45.0 Å². The second kappa shape index (κ2) is 7.09. The number of ether oxygens (including phenoxy) is 1. The molecular formula is C17H28N2O. The highest BCUT2D eigenvalue weighted by Gasteiger charge is 2.18. The van der Waals surface area contributed by atoms with E-state index in [4.69, 9.17) is 10.5 Å². The molecule has 2 rings (SSSR count). The Morgan fingerprint density at radius 1 is 1.25 bits per heavy atom. The smallest absolute Gasteiger partial charge is 0.123 e. The molecule has 112 valence electrons. The molecule has 0 fully saturated rings. The Kier molecular flexibility index (Phi) is 5.44. The minimum atomic E-state index is 0.370. The first-order valence-electron chi connectivity index (χ1n) is 7.74. The highest BCUT2D eigenvalue weighted by atomic mass is 16.5. The summed E-state index contributed by atoms with van der Waals surface area (Å²) in [6.07, 6.45) is 3.58. The van der Waals surface area contributed by atoms with E-state index >= 15 is 0 Å². The average Bonchev–Trinajstić information content (AvgIpc) is 2.60. The van der Waals surface area contributed by atoms with Gasteiger partial charge in [-0.25, -0.2) is 0 Å². The Bertz CT molecular complexity index is 417. The summed E-state index contributed by atoms with van der Waals surface area (Å²) in [6, 6.07) is 8.38. The van der Waals surface area contributed by atoms with Crippen molar-refractivity contribution < 1.29 is 4.74 Å². The van der Waals surface area contributed by atoms with E-state index in [1.54, 1.807) is 0 Å². The van der Waals surface area contributed by atoms with Crippen molar-refractivity contribution in [1.29, 1.82) is 0 Å². The van der Waals surface area contributed by atoms with E-state index in [1.165, 1.54) is 18.4 Å². The molecule has 0 saturated heterocycles. The third kappa shape index (κ3) is 4.50. The number of fused-ring (bicyclic) bond motifs is 1. The summed E-state index contributed by atoms with van der Waals surface area (Å²) >= 11 is 0. The molecule has 1 aliphatic heterocycles. The SMILES string of the molecule is CC(C)(CCN)CCCN1CCOc2ccccc2C1. The molecule has 0 amide bonds. The van der Waals surface area contributed by atoms with Gasteiger partial charge in [0.15, 0.2) is 0 Å². The number of nitrogens with zero attached hydrogens (tertiary/aromatic N) is 1. The second-order valence-corrected chi connectivity index (χ2v) is 6.54. The molecule has 1 aromatic rings. The summed E-state index contributed by atoms with van der Waals surface area (Å²) in [6.45, 7) is 9.40. The van der Waals surface area contributed by atoms with Crippen LogP contribution in [-0.4, -0.2) is 31.1 Å². The quantitative estimate of drug-likeness (QED) is 0.868. The van der Waals surface area contributed by atoms with Gasteiger partial charge in [0.1, 0.15) is 12.4 Å². The maximum absolute atomic E-state index is 5.81. The maximum atomic E-state index is 5.81. The molecule has 1 aromatic carbocycles. The molecule has 1 heterocycles. The van der Waals surface area contributed by atoms with Crippen LogP contribution in [-0.2, 0) is 6.54 Å². The van der Waals surface area contributed by atoms with Gasteiger partial charge < -0.3 is 10.5 Å².